The van der Waals surface area contributed by atoms with Gasteiger partial charge in [0.1, 0.15) is 17.2 Å². The lowest BCUT2D eigenvalue weighted by Gasteiger charge is -2.04. The van der Waals surface area contributed by atoms with Gasteiger partial charge in [-0.15, -0.1) is 5.10 Å². The van der Waals surface area contributed by atoms with Crippen molar-refractivity contribution in [3.63, 3.8) is 0 Å². The Kier molecular flexibility index (Phi) is 2.62. The molecule has 0 aliphatic rings. The molecule has 0 saturated carbocycles. The zero-order valence-electron chi connectivity index (χ0n) is 12.6. The first-order chi connectivity index (χ1) is 10.6. The van der Waals surface area contributed by atoms with Gasteiger partial charge in [0.15, 0.2) is 11.6 Å². The SMILES string of the molecule is Cc1nc(-c2nc3ccccn3c2C)n(-c2ccnn2C)n1. The molecule has 0 amide bonds. The van der Waals surface area contributed by atoms with E-state index in [4.69, 9.17) is 4.98 Å². The molecule has 0 bridgehead atoms. The molecule has 0 N–H and O–H groups in total. The summed E-state index contributed by atoms with van der Waals surface area (Å²) in [5.74, 6) is 2.28. The number of hydrogen-bond donors (Lipinski definition) is 0. The van der Waals surface area contributed by atoms with Crippen LogP contribution >= 0.6 is 0 Å². The molecule has 4 heterocycles. The van der Waals surface area contributed by atoms with E-state index >= 15 is 0 Å². The van der Waals surface area contributed by atoms with Crippen molar-refractivity contribution in [3.8, 4) is 17.3 Å². The summed E-state index contributed by atoms with van der Waals surface area (Å²) in [7, 11) is 1.88. The second-order valence-corrected chi connectivity index (χ2v) is 5.18. The zero-order valence-corrected chi connectivity index (χ0v) is 12.6. The van der Waals surface area contributed by atoms with E-state index in [1.165, 1.54) is 0 Å². The molecule has 7 nitrogen and oxygen atoms in total. The second-order valence-electron chi connectivity index (χ2n) is 5.18. The summed E-state index contributed by atoms with van der Waals surface area (Å²) >= 11 is 0. The van der Waals surface area contributed by atoms with Crippen LogP contribution in [0.5, 0.6) is 0 Å². The van der Waals surface area contributed by atoms with Crippen LogP contribution in [0.2, 0.25) is 0 Å². The molecule has 0 aliphatic carbocycles. The van der Waals surface area contributed by atoms with Crippen LogP contribution in [0, 0.1) is 13.8 Å². The van der Waals surface area contributed by atoms with Crippen molar-refractivity contribution < 1.29 is 0 Å². The minimum atomic E-state index is 0.702. The number of fused-ring (bicyclic) bond motifs is 1. The van der Waals surface area contributed by atoms with Crippen LogP contribution < -0.4 is 0 Å². The van der Waals surface area contributed by atoms with Crippen LogP contribution in [0.3, 0.4) is 0 Å². The third-order valence-corrected chi connectivity index (χ3v) is 3.71. The van der Waals surface area contributed by atoms with Gasteiger partial charge in [-0.2, -0.15) is 9.78 Å². The normalized spacial score (nSPS) is 11.4. The van der Waals surface area contributed by atoms with Crippen LogP contribution in [0.1, 0.15) is 11.5 Å². The van der Waals surface area contributed by atoms with Crippen molar-refractivity contribution in [1.29, 1.82) is 0 Å². The maximum absolute atomic E-state index is 4.71. The summed E-state index contributed by atoms with van der Waals surface area (Å²) in [5.41, 5.74) is 2.76. The molecule has 0 fully saturated rings. The maximum Gasteiger partial charge on any atom is 0.185 e. The molecule has 0 aromatic carbocycles. The minimum absolute atomic E-state index is 0.702. The monoisotopic (exact) mass is 293 g/mol. The molecular weight excluding hydrogens is 278 g/mol. The average Bonchev–Trinajstić information content (AvgIpc) is 3.17. The van der Waals surface area contributed by atoms with Gasteiger partial charge in [-0.3, -0.25) is 4.68 Å². The fraction of sp³-hybridized carbons (Fsp3) is 0.200. The van der Waals surface area contributed by atoms with Crippen LogP contribution in [0.15, 0.2) is 36.7 Å². The van der Waals surface area contributed by atoms with Gasteiger partial charge in [0.05, 0.1) is 11.9 Å². The third-order valence-electron chi connectivity index (χ3n) is 3.71. The van der Waals surface area contributed by atoms with E-state index in [9.17, 15) is 0 Å². The Morgan fingerprint density at radius 1 is 1.05 bits per heavy atom. The molecule has 0 unspecified atom stereocenters. The van der Waals surface area contributed by atoms with Gasteiger partial charge in [0, 0.05) is 19.3 Å². The molecule has 22 heavy (non-hydrogen) atoms. The predicted molar refractivity (Wildman–Crippen MR) is 81.8 cm³/mol. The highest BCUT2D eigenvalue weighted by atomic mass is 15.4. The molecule has 4 aromatic heterocycles. The number of rotatable bonds is 2. The van der Waals surface area contributed by atoms with Gasteiger partial charge in [0.2, 0.25) is 0 Å². The summed E-state index contributed by atoms with van der Waals surface area (Å²) in [4.78, 5) is 9.27. The van der Waals surface area contributed by atoms with Gasteiger partial charge in [-0.05, 0) is 26.0 Å². The van der Waals surface area contributed by atoms with E-state index in [1.54, 1.807) is 15.6 Å². The van der Waals surface area contributed by atoms with Crippen molar-refractivity contribution in [2.75, 3.05) is 0 Å². The lowest BCUT2D eigenvalue weighted by Crippen LogP contribution is -2.07. The van der Waals surface area contributed by atoms with Crippen LogP contribution in [0.25, 0.3) is 23.0 Å². The highest BCUT2D eigenvalue weighted by Gasteiger charge is 2.19. The zero-order chi connectivity index (χ0) is 15.3. The second kappa shape index (κ2) is 4.52. The Hall–Kier alpha value is -2.96. The molecule has 0 atom stereocenters. The lowest BCUT2D eigenvalue weighted by molar-refractivity contribution is 0.698. The fourth-order valence-electron chi connectivity index (χ4n) is 2.63. The van der Waals surface area contributed by atoms with E-state index in [1.807, 2.05) is 55.8 Å². The van der Waals surface area contributed by atoms with E-state index in [-0.39, 0.29) is 0 Å². The number of aromatic nitrogens is 7. The smallest absolute Gasteiger partial charge is 0.185 e. The maximum atomic E-state index is 4.71. The Bertz CT molecular complexity index is 973. The van der Waals surface area contributed by atoms with Crippen molar-refractivity contribution in [2.45, 2.75) is 13.8 Å². The first-order valence-electron chi connectivity index (χ1n) is 7.01. The van der Waals surface area contributed by atoms with Crippen molar-refractivity contribution in [3.05, 3.63) is 48.2 Å². The number of imidazole rings is 1. The van der Waals surface area contributed by atoms with Gasteiger partial charge >= 0.3 is 0 Å². The van der Waals surface area contributed by atoms with Crippen LogP contribution in [-0.2, 0) is 7.05 Å². The molecule has 4 rings (SSSR count). The first-order valence-corrected chi connectivity index (χ1v) is 7.01. The Labute approximate surface area is 126 Å². The largest absolute Gasteiger partial charge is 0.304 e. The Balaban J connectivity index is 2.00. The van der Waals surface area contributed by atoms with Crippen molar-refractivity contribution in [2.24, 2.45) is 7.05 Å². The quantitative estimate of drug-likeness (QED) is 0.566. The molecule has 4 aromatic rings. The highest BCUT2D eigenvalue weighted by Crippen LogP contribution is 2.24. The predicted octanol–water partition coefficient (Wildman–Crippen LogP) is 1.93. The van der Waals surface area contributed by atoms with Gasteiger partial charge < -0.3 is 4.40 Å². The molecular formula is C15H15N7. The van der Waals surface area contributed by atoms with Gasteiger partial charge in [0.25, 0.3) is 0 Å². The Morgan fingerprint density at radius 3 is 2.64 bits per heavy atom. The van der Waals surface area contributed by atoms with Crippen LogP contribution in [-0.4, -0.2) is 33.9 Å². The summed E-state index contributed by atoms with van der Waals surface area (Å²) < 4.78 is 5.60. The van der Waals surface area contributed by atoms with Gasteiger partial charge in [-0.1, -0.05) is 6.07 Å². The van der Waals surface area contributed by atoms with Crippen LogP contribution in [0.4, 0.5) is 0 Å². The molecule has 0 radical (unpaired) electrons. The molecule has 110 valence electrons. The number of aryl methyl sites for hydroxylation is 3. The summed E-state index contributed by atoms with van der Waals surface area (Å²) in [6.45, 7) is 3.91. The van der Waals surface area contributed by atoms with E-state index in [0.717, 1.165) is 28.7 Å². The van der Waals surface area contributed by atoms with Crippen molar-refractivity contribution >= 4 is 5.65 Å². The highest BCUT2D eigenvalue weighted by molar-refractivity contribution is 5.61. The number of hydrogen-bond acceptors (Lipinski definition) is 4. The standard InChI is InChI=1S/C15H15N7/c1-10-14(18-12-6-4-5-9-21(10)12)15-17-11(2)19-22(15)13-7-8-16-20(13)3/h4-9H,1-3H3. The number of nitrogens with zero attached hydrogens (tertiary/aromatic N) is 7. The third kappa shape index (κ3) is 1.75. The summed E-state index contributed by atoms with van der Waals surface area (Å²) in [6.07, 6.45) is 3.74. The minimum Gasteiger partial charge on any atom is -0.304 e. The summed E-state index contributed by atoms with van der Waals surface area (Å²) in [5, 5.41) is 8.70. The van der Waals surface area contributed by atoms with E-state index in [2.05, 4.69) is 15.2 Å². The lowest BCUT2D eigenvalue weighted by atomic mass is 10.3. The Morgan fingerprint density at radius 2 is 1.91 bits per heavy atom. The number of pyridine rings is 1. The average molecular weight is 293 g/mol. The van der Waals surface area contributed by atoms with Crippen molar-refractivity contribution in [1.82, 2.24) is 33.9 Å². The van der Waals surface area contributed by atoms with E-state index < -0.39 is 0 Å². The molecule has 0 aliphatic heterocycles. The fourth-order valence-corrected chi connectivity index (χ4v) is 2.63. The molecule has 0 saturated heterocycles. The molecule has 0 spiro atoms. The topological polar surface area (TPSA) is 65.8 Å². The first kappa shape index (κ1) is 12.8. The summed E-state index contributed by atoms with van der Waals surface area (Å²) in [6, 6.07) is 7.85. The van der Waals surface area contributed by atoms with Gasteiger partial charge in [-0.25, -0.2) is 9.97 Å². The molecule has 7 heteroatoms. The van der Waals surface area contributed by atoms with E-state index in [0.29, 0.717) is 5.82 Å².